The van der Waals surface area contributed by atoms with Crippen LogP contribution in [-0.2, 0) is 4.79 Å². The van der Waals surface area contributed by atoms with Gasteiger partial charge in [0.1, 0.15) is 0 Å². The van der Waals surface area contributed by atoms with E-state index in [-0.39, 0.29) is 12.5 Å². The summed E-state index contributed by atoms with van der Waals surface area (Å²) in [6.45, 7) is 4.42. The molecule has 0 aliphatic carbocycles. The summed E-state index contributed by atoms with van der Waals surface area (Å²) in [4.78, 5) is 12.6. The number of amides is 1. The summed E-state index contributed by atoms with van der Waals surface area (Å²) < 4.78 is 0. The lowest BCUT2D eigenvalue weighted by atomic mass is 10.0. The van der Waals surface area contributed by atoms with Crippen LogP contribution in [0.1, 0.15) is 489 Å². The summed E-state index contributed by atoms with van der Waals surface area (Å²) >= 11 is 0. The van der Waals surface area contributed by atoms with E-state index in [0.717, 1.165) is 25.7 Å². The minimum absolute atomic E-state index is 0.0184. The van der Waals surface area contributed by atoms with E-state index < -0.39 is 12.1 Å². The van der Waals surface area contributed by atoms with E-state index in [1.54, 1.807) is 0 Å². The molecule has 86 heavy (non-hydrogen) atoms. The molecule has 0 saturated carbocycles. The zero-order chi connectivity index (χ0) is 61.9. The Bertz CT molecular complexity index is 1230. The average Bonchev–Trinajstić information content (AvgIpc) is 3.59. The van der Waals surface area contributed by atoms with E-state index in [0.29, 0.717) is 12.8 Å². The molecule has 0 rings (SSSR count). The van der Waals surface area contributed by atoms with Crippen molar-refractivity contribution in [1.82, 2.24) is 5.32 Å². The molecule has 0 aliphatic rings. The summed E-state index contributed by atoms with van der Waals surface area (Å²) in [5, 5.41) is 23.5. The molecule has 0 radical (unpaired) electrons. The molecule has 0 aromatic carbocycles. The Morgan fingerprint density at radius 2 is 0.442 bits per heavy atom. The van der Waals surface area contributed by atoms with Gasteiger partial charge in [-0.3, -0.25) is 4.79 Å². The van der Waals surface area contributed by atoms with Gasteiger partial charge >= 0.3 is 0 Å². The average molecular weight is 1210 g/mol. The van der Waals surface area contributed by atoms with Gasteiger partial charge in [0, 0.05) is 6.42 Å². The molecule has 0 saturated heterocycles. The first-order chi connectivity index (χ1) is 42.7. The van der Waals surface area contributed by atoms with Crippen LogP contribution in [0.3, 0.4) is 0 Å². The van der Waals surface area contributed by atoms with Crippen molar-refractivity contribution >= 4 is 5.91 Å². The Balaban J connectivity index is 3.33. The molecule has 514 valence electrons. The lowest BCUT2D eigenvalue weighted by Gasteiger charge is -2.22. The third-order valence-corrected chi connectivity index (χ3v) is 19.8. The van der Waals surface area contributed by atoms with Crippen LogP contribution in [0, 0.1) is 0 Å². The first kappa shape index (κ1) is 85.1. The second-order valence-electron chi connectivity index (χ2n) is 28.6. The monoisotopic (exact) mass is 1210 g/mol. The molecule has 2 atom stereocenters. The number of hydrogen-bond donors (Lipinski definition) is 3. The van der Waals surface area contributed by atoms with Crippen LogP contribution >= 0.6 is 0 Å². The Hall–Kier alpha value is -0.870. The molecule has 3 N–H and O–H groups in total. The molecule has 0 aliphatic heterocycles. The highest BCUT2D eigenvalue weighted by Gasteiger charge is 2.20. The maximum absolute atomic E-state index is 12.6. The van der Waals surface area contributed by atoms with Gasteiger partial charge in [0.25, 0.3) is 0 Å². The van der Waals surface area contributed by atoms with Crippen molar-refractivity contribution in [1.29, 1.82) is 0 Å². The lowest BCUT2D eigenvalue weighted by Crippen LogP contribution is -2.45. The maximum atomic E-state index is 12.6. The van der Waals surface area contributed by atoms with Crippen molar-refractivity contribution in [2.45, 2.75) is 501 Å². The number of aliphatic hydroxyl groups excluding tert-OH is 2. The van der Waals surface area contributed by atoms with Gasteiger partial charge in [0.2, 0.25) is 5.91 Å². The van der Waals surface area contributed by atoms with E-state index in [9.17, 15) is 15.0 Å². The number of nitrogens with one attached hydrogen (secondary N) is 1. The molecule has 4 nitrogen and oxygen atoms in total. The van der Waals surface area contributed by atoms with E-state index in [2.05, 4.69) is 31.3 Å². The minimum Gasteiger partial charge on any atom is -0.394 e. The molecule has 0 fully saturated rings. The number of carbonyl (C=O) groups excluding carboxylic acids is 1. The largest absolute Gasteiger partial charge is 0.394 e. The summed E-state index contributed by atoms with van der Waals surface area (Å²) in [5.74, 6) is -0.0184. The molecular formula is C82H163NO3. The minimum atomic E-state index is -0.658. The van der Waals surface area contributed by atoms with Crippen LogP contribution in [0.2, 0.25) is 0 Å². The Labute approximate surface area is 543 Å². The Morgan fingerprint density at radius 3 is 0.640 bits per heavy atom. The number of aliphatic hydroxyl groups is 2. The summed E-state index contributed by atoms with van der Waals surface area (Å²) in [7, 11) is 0. The van der Waals surface area contributed by atoms with E-state index in [4.69, 9.17) is 0 Å². The number of allylic oxidation sites excluding steroid dienone is 2. The number of unbranched alkanes of at least 4 members (excludes halogenated alkanes) is 69. The highest BCUT2D eigenvalue weighted by Crippen LogP contribution is 2.21. The zero-order valence-electron chi connectivity index (χ0n) is 59.6. The fourth-order valence-electron chi connectivity index (χ4n) is 13.6. The van der Waals surface area contributed by atoms with E-state index in [1.165, 1.54) is 437 Å². The molecule has 0 heterocycles. The summed E-state index contributed by atoms with van der Waals surface area (Å²) in [6.07, 6.45) is 106. The van der Waals surface area contributed by atoms with Crippen molar-refractivity contribution in [3.63, 3.8) is 0 Å². The van der Waals surface area contributed by atoms with Crippen molar-refractivity contribution in [3.05, 3.63) is 12.2 Å². The van der Waals surface area contributed by atoms with Crippen LogP contribution in [0.25, 0.3) is 0 Å². The van der Waals surface area contributed by atoms with Gasteiger partial charge in [-0.25, -0.2) is 0 Å². The number of hydrogen-bond acceptors (Lipinski definition) is 3. The van der Waals surface area contributed by atoms with Crippen LogP contribution < -0.4 is 5.32 Å². The molecule has 0 aromatic rings. The quantitative estimate of drug-likeness (QED) is 0.0420. The van der Waals surface area contributed by atoms with Gasteiger partial charge in [-0.15, -0.1) is 0 Å². The van der Waals surface area contributed by atoms with Crippen LogP contribution in [-0.4, -0.2) is 34.9 Å². The van der Waals surface area contributed by atoms with Gasteiger partial charge in [-0.2, -0.15) is 0 Å². The predicted molar refractivity (Wildman–Crippen MR) is 387 cm³/mol. The van der Waals surface area contributed by atoms with Crippen molar-refractivity contribution in [2.75, 3.05) is 6.61 Å². The fraction of sp³-hybridized carbons (Fsp3) is 0.963. The standard InChI is InChI=1S/C82H163NO3/c1-3-5-7-9-11-13-15-17-19-21-23-25-27-29-31-33-35-37-38-39-40-41-42-43-44-46-48-50-52-54-56-58-60-62-64-66-68-70-72-74-76-78-82(86)83-80(79-84)81(85)77-75-73-71-69-67-65-63-61-59-57-55-53-51-49-47-45-36-34-32-30-28-26-24-22-20-18-16-14-12-10-8-6-4-2/h21,23,80-81,84-85H,3-20,22,24-79H2,1-2H3,(H,83,86)/b23-21-. The normalized spacial score (nSPS) is 12.6. The Morgan fingerprint density at radius 1 is 0.267 bits per heavy atom. The van der Waals surface area contributed by atoms with Crippen molar-refractivity contribution in [2.24, 2.45) is 0 Å². The molecular weight excluding hydrogens is 1050 g/mol. The maximum Gasteiger partial charge on any atom is 0.220 e. The predicted octanol–water partition coefficient (Wildman–Crippen LogP) is 28.3. The molecule has 2 unspecified atom stereocenters. The molecule has 0 aromatic heterocycles. The van der Waals surface area contributed by atoms with Crippen molar-refractivity contribution in [3.8, 4) is 0 Å². The van der Waals surface area contributed by atoms with Gasteiger partial charge < -0.3 is 15.5 Å². The molecule has 4 heteroatoms. The molecule has 0 bridgehead atoms. The molecule has 0 spiro atoms. The molecule has 1 amide bonds. The fourth-order valence-corrected chi connectivity index (χ4v) is 13.6. The summed E-state index contributed by atoms with van der Waals surface area (Å²) in [5.41, 5.74) is 0. The zero-order valence-corrected chi connectivity index (χ0v) is 59.6. The van der Waals surface area contributed by atoms with Gasteiger partial charge in [0.05, 0.1) is 18.8 Å². The first-order valence-corrected chi connectivity index (χ1v) is 40.9. The third-order valence-electron chi connectivity index (χ3n) is 19.8. The second-order valence-corrected chi connectivity index (χ2v) is 28.6. The lowest BCUT2D eigenvalue weighted by molar-refractivity contribution is -0.123. The number of rotatable bonds is 78. The number of carbonyl (C=O) groups is 1. The van der Waals surface area contributed by atoms with E-state index >= 15 is 0 Å². The highest BCUT2D eigenvalue weighted by molar-refractivity contribution is 5.76. The van der Waals surface area contributed by atoms with E-state index in [1.807, 2.05) is 0 Å². The smallest absolute Gasteiger partial charge is 0.220 e. The summed E-state index contributed by atoms with van der Waals surface area (Å²) in [6, 6.07) is -0.535. The second kappa shape index (κ2) is 78.4. The topological polar surface area (TPSA) is 69.6 Å². The highest BCUT2D eigenvalue weighted by atomic mass is 16.3. The van der Waals surface area contributed by atoms with Gasteiger partial charge in [-0.1, -0.05) is 456 Å². The van der Waals surface area contributed by atoms with Gasteiger partial charge in [0.15, 0.2) is 0 Å². The third kappa shape index (κ3) is 73.9. The Kier molecular flexibility index (Phi) is 77.6. The SMILES string of the molecule is CCCCCCCCCC/C=C\CCCCCCCCCCCCCCCCCCCCCCCCCCCCCCCC(=O)NC(CO)C(O)CCCCCCCCCCCCCCCCCCCCCCCCCCCCCCCCCCC. The van der Waals surface area contributed by atoms with Gasteiger partial charge in [-0.05, 0) is 38.5 Å². The van der Waals surface area contributed by atoms with Crippen LogP contribution in [0.5, 0.6) is 0 Å². The first-order valence-electron chi connectivity index (χ1n) is 40.9. The van der Waals surface area contributed by atoms with Crippen LogP contribution in [0.4, 0.5) is 0 Å². The van der Waals surface area contributed by atoms with Crippen molar-refractivity contribution < 1.29 is 15.0 Å². The van der Waals surface area contributed by atoms with Crippen LogP contribution in [0.15, 0.2) is 12.2 Å².